The molecular weight excluding hydrogens is 446 g/mol. The zero-order chi connectivity index (χ0) is 21.1. The van der Waals surface area contributed by atoms with E-state index in [0.717, 1.165) is 29.7 Å². The van der Waals surface area contributed by atoms with Crippen LogP contribution in [0, 0.1) is 11.8 Å². The third-order valence-corrected chi connectivity index (χ3v) is 6.38. The topological polar surface area (TPSA) is 61.9 Å². The third kappa shape index (κ3) is 4.61. The van der Waals surface area contributed by atoms with Gasteiger partial charge >= 0.3 is 0 Å². The molecule has 158 valence electrons. The predicted molar refractivity (Wildman–Crippen MR) is 121 cm³/mol. The van der Waals surface area contributed by atoms with Gasteiger partial charge in [-0.2, -0.15) is 0 Å². The second kappa shape index (κ2) is 9.08. The quantitative estimate of drug-likeness (QED) is 0.700. The van der Waals surface area contributed by atoms with Crippen molar-refractivity contribution in [3.63, 3.8) is 0 Å². The molecule has 0 aliphatic carbocycles. The first kappa shape index (κ1) is 20.7. The maximum Gasteiger partial charge on any atom is 0.227 e. The summed E-state index contributed by atoms with van der Waals surface area (Å²) in [5, 5.41) is 3.09. The van der Waals surface area contributed by atoms with Gasteiger partial charge in [0, 0.05) is 54.5 Å². The Morgan fingerprint density at radius 1 is 1.17 bits per heavy atom. The van der Waals surface area contributed by atoms with E-state index in [1.54, 1.807) is 12.0 Å². The van der Waals surface area contributed by atoms with Crippen molar-refractivity contribution in [2.24, 2.45) is 11.8 Å². The normalized spacial score (nSPS) is 21.2. The smallest absolute Gasteiger partial charge is 0.227 e. The van der Waals surface area contributed by atoms with E-state index in [4.69, 9.17) is 4.74 Å². The van der Waals surface area contributed by atoms with Crippen LogP contribution in [0.2, 0.25) is 0 Å². The fourth-order valence-electron chi connectivity index (χ4n) is 4.21. The van der Waals surface area contributed by atoms with Crippen LogP contribution in [0.1, 0.15) is 12.8 Å². The van der Waals surface area contributed by atoms with Crippen LogP contribution >= 0.6 is 15.9 Å². The summed E-state index contributed by atoms with van der Waals surface area (Å²) in [5.74, 6) is 0.745. The van der Waals surface area contributed by atoms with Crippen molar-refractivity contribution in [2.45, 2.75) is 12.8 Å². The van der Waals surface area contributed by atoms with Crippen LogP contribution in [0.5, 0.6) is 5.75 Å². The van der Waals surface area contributed by atoms with E-state index in [1.807, 2.05) is 36.4 Å². The summed E-state index contributed by atoms with van der Waals surface area (Å²) in [6.45, 7) is 2.97. The van der Waals surface area contributed by atoms with E-state index in [0.29, 0.717) is 24.8 Å². The van der Waals surface area contributed by atoms with E-state index >= 15 is 0 Å². The number of rotatable bonds is 6. The summed E-state index contributed by atoms with van der Waals surface area (Å²) < 4.78 is 6.32. The van der Waals surface area contributed by atoms with Gasteiger partial charge in [-0.05, 0) is 42.7 Å². The minimum Gasteiger partial charge on any atom is -0.497 e. The third-order valence-electron chi connectivity index (χ3n) is 5.88. The Bertz CT molecular complexity index is 935. The van der Waals surface area contributed by atoms with Gasteiger partial charge in [0.15, 0.2) is 0 Å². The summed E-state index contributed by atoms with van der Waals surface area (Å²) in [6.07, 6.45) is 1.30. The van der Waals surface area contributed by atoms with Crippen LogP contribution < -0.4 is 19.9 Å². The van der Waals surface area contributed by atoms with Crippen LogP contribution in [-0.4, -0.2) is 45.1 Å². The second-order valence-electron chi connectivity index (χ2n) is 7.93. The second-order valence-corrected chi connectivity index (χ2v) is 8.85. The fourth-order valence-corrected chi connectivity index (χ4v) is 4.59. The lowest BCUT2D eigenvalue weighted by Crippen LogP contribution is -2.36. The number of hydrogen-bond acceptors (Lipinski definition) is 4. The van der Waals surface area contributed by atoms with Crippen molar-refractivity contribution in [1.82, 2.24) is 5.32 Å². The zero-order valence-corrected chi connectivity index (χ0v) is 18.6. The lowest BCUT2D eigenvalue weighted by Gasteiger charge is -2.20. The molecule has 2 aliphatic rings. The maximum atomic E-state index is 12.7. The maximum absolute atomic E-state index is 12.7. The highest BCUT2D eigenvalue weighted by Crippen LogP contribution is 2.29. The first-order valence-corrected chi connectivity index (χ1v) is 11.1. The van der Waals surface area contributed by atoms with Gasteiger partial charge in [-0.15, -0.1) is 0 Å². The largest absolute Gasteiger partial charge is 0.497 e. The molecule has 7 heteroatoms. The Labute approximate surface area is 185 Å². The summed E-state index contributed by atoms with van der Waals surface area (Å²) in [6, 6.07) is 15.7. The lowest BCUT2D eigenvalue weighted by molar-refractivity contribution is -0.126. The van der Waals surface area contributed by atoms with Gasteiger partial charge in [-0.1, -0.05) is 28.1 Å². The highest BCUT2D eigenvalue weighted by Gasteiger charge is 2.35. The molecule has 30 heavy (non-hydrogen) atoms. The molecule has 4 rings (SSSR count). The standard InChI is InChI=1S/C23H26BrN3O3/c1-30-21-7-3-6-20(12-21)27-15-17(10-22(27)28)23(29)25-13-16-8-9-26(14-16)19-5-2-4-18(24)11-19/h2-7,11-12,16-17H,8-10,13-15H2,1H3,(H,25,29). The first-order valence-electron chi connectivity index (χ1n) is 10.3. The molecule has 0 spiro atoms. The predicted octanol–water partition coefficient (Wildman–Crippen LogP) is 3.45. The number of hydrogen-bond donors (Lipinski definition) is 1. The molecule has 2 heterocycles. The molecule has 2 aromatic carbocycles. The number of anilines is 2. The van der Waals surface area contributed by atoms with Crippen LogP contribution in [0.25, 0.3) is 0 Å². The number of halogens is 1. The lowest BCUT2D eigenvalue weighted by atomic mass is 10.1. The van der Waals surface area contributed by atoms with E-state index in [9.17, 15) is 9.59 Å². The zero-order valence-electron chi connectivity index (χ0n) is 17.0. The minimum absolute atomic E-state index is 0.0231. The molecule has 0 bridgehead atoms. The number of ether oxygens (including phenoxy) is 1. The molecule has 2 unspecified atom stereocenters. The molecule has 6 nitrogen and oxygen atoms in total. The molecule has 2 aliphatic heterocycles. The SMILES string of the molecule is COc1cccc(N2CC(C(=O)NCC3CCN(c4cccc(Br)c4)C3)CC2=O)c1. The average molecular weight is 472 g/mol. The van der Waals surface area contributed by atoms with Crippen molar-refractivity contribution in [1.29, 1.82) is 0 Å². The van der Waals surface area contributed by atoms with Gasteiger partial charge in [-0.25, -0.2) is 0 Å². The van der Waals surface area contributed by atoms with Gasteiger partial charge in [0.1, 0.15) is 5.75 Å². The number of methoxy groups -OCH3 is 1. The van der Waals surface area contributed by atoms with Crippen LogP contribution in [0.3, 0.4) is 0 Å². The van der Waals surface area contributed by atoms with Crippen molar-refractivity contribution in [2.75, 3.05) is 43.1 Å². The molecule has 2 atom stereocenters. The van der Waals surface area contributed by atoms with Gasteiger partial charge in [0.2, 0.25) is 11.8 Å². The molecule has 2 amide bonds. The molecule has 2 aromatic rings. The average Bonchev–Trinajstić information content (AvgIpc) is 3.39. The summed E-state index contributed by atoms with van der Waals surface area (Å²) in [5.41, 5.74) is 1.98. The van der Waals surface area contributed by atoms with Crippen molar-refractivity contribution < 1.29 is 14.3 Å². The van der Waals surface area contributed by atoms with Crippen LogP contribution in [0.15, 0.2) is 53.0 Å². The van der Waals surface area contributed by atoms with E-state index in [1.165, 1.54) is 5.69 Å². The summed E-state index contributed by atoms with van der Waals surface area (Å²) in [4.78, 5) is 29.2. The number of nitrogens with one attached hydrogen (secondary N) is 1. The minimum atomic E-state index is -0.314. The van der Waals surface area contributed by atoms with Gasteiger partial charge < -0.3 is 19.9 Å². The molecule has 1 N–H and O–H groups in total. The number of amides is 2. The Kier molecular flexibility index (Phi) is 6.27. The number of carbonyl (C=O) groups is 2. The van der Waals surface area contributed by atoms with Crippen molar-refractivity contribution >= 4 is 39.1 Å². The Balaban J connectivity index is 1.29. The summed E-state index contributed by atoms with van der Waals surface area (Å²) >= 11 is 3.52. The van der Waals surface area contributed by atoms with E-state index in [-0.39, 0.29) is 24.2 Å². The van der Waals surface area contributed by atoms with E-state index in [2.05, 4.69) is 38.3 Å². The van der Waals surface area contributed by atoms with Crippen LogP contribution in [-0.2, 0) is 9.59 Å². The van der Waals surface area contributed by atoms with Gasteiger partial charge in [-0.3, -0.25) is 9.59 Å². The Morgan fingerprint density at radius 3 is 2.77 bits per heavy atom. The fraction of sp³-hybridized carbons (Fsp3) is 0.391. The molecule has 0 radical (unpaired) electrons. The molecule has 2 saturated heterocycles. The first-order chi connectivity index (χ1) is 14.5. The van der Waals surface area contributed by atoms with Crippen molar-refractivity contribution in [3.8, 4) is 5.75 Å². The summed E-state index contributed by atoms with van der Waals surface area (Å²) in [7, 11) is 1.60. The molecule has 0 saturated carbocycles. The molecular formula is C23H26BrN3O3. The van der Waals surface area contributed by atoms with E-state index < -0.39 is 0 Å². The monoisotopic (exact) mass is 471 g/mol. The Morgan fingerprint density at radius 2 is 1.97 bits per heavy atom. The number of nitrogens with zero attached hydrogens (tertiary/aromatic N) is 2. The van der Waals surface area contributed by atoms with Gasteiger partial charge in [0.05, 0.1) is 13.0 Å². The van der Waals surface area contributed by atoms with Gasteiger partial charge in [0.25, 0.3) is 0 Å². The molecule has 0 aromatic heterocycles. The van der Waals surface area contributed by atoms with Crippen LogP contribution in [0.4, 0.5) is 11.4 Å². The van der Waals surface area contributed by atoms with Crippen molar-refractivity contribution in [3.05, 3.63) is 53.0 Å². The highest BCUT2D eigenvalue weighted by molar-refractivity contribution is 9.10. The molecule has 2 fully saturated rings. The highest BCUT2D eigenvalue weighted by atomic mass is 79.9. The number of carbonyl (C=O) groups excluding carboxylic acids is 2. The number of benzene rings is 2. The Hall–Kier alpha value is -2.54.